The number of carbonyl (C=O) groups is 1. The molecule has 1 fully saturated rings. The molecule has 2 rings (SSSR count). The average molecular weight is 335 g/mol. The number of nitrogens with one attached hydrogen (secondary N) is 1. The number of hydrogen-bond donors (Lipinski definition) is 1. The molecule has 0 spiro atoms. The largest absolute Gasteiger partial charge is 0.491 e. The van der Waals surface area contributed by atoms with Crippen molar-refractivity contribution in [1.82, 2.24) is 0 Å². The molecule has 0 aromatic heterocycles. The minimum atomic E-state index is -0.686. The first kappa shape index (κ1) is 18.7. The summed E-state index contributed by atoms with van der Waals surface area (Å²) >= 11 is 0. The van der Waals surface area contributed by atoms with Gasteiger partial charge in [-0.25, -0.2) is 0 Å². The van der Waals surface area contributed by atoms with Gasteiger partial charge in [-0.2, -0.15) is 0 Å². The van der Waals surface area contributed by atoms with E-state index in [0.717, 1.165) is 37.1 Å². The summed E-state index contributed by atoms with van der Waals surface area (Å²) in [5, 5.41) is 3.00. The minimum absolute atomic E-state index is 0.0377. The molecule has 1 aromatic rings. The van der Waals surface area contributed by atoms with E-state index in [4.69, 9.17) is 14.2 Å². The van der Waals surface area contributed by atoms with Crippen LogP contribution in [-0.4, -0.2) is 38.4 Å². The van der Waals surface area contributed by atoms with Crippen molar-refractivity contribution >= 4 is 11.6 Å². The normalized spacial score (nSPS) is 23.7. The zero-order chi connectivity index (χ0) is 17.4. The van der Waals surface area contributed by atoms with Crippen molar-refractivity contribution in [2.75, 3.05) is 32.2 Å². The van der Waals surface area contributed by atoms with Crippen molar-refractivity contribution in [3.63, 3.8) is 0 Å². The Kier molecular flexibility index (Phi) is 7.06. The second-order valence-electron chi connectivity index (χ2n) is 6.43. The van der Waals surface area contributed by atoms with E-state index >= 15 is 0 Å². The number of methoxy groups -OCH3 is 1. The zero-order valence-corrected chi connectivity index (χ0v) is 15.0. The predicted octanol–water partition coefficient (Wildman–Crippen LogP) is 3.64. The minimum Gasteiger partial charge on any atom is -0.491 e. The predicted molar refractivity (Wildman–Crippen MR) is 94.4 cm³/mol. The van der Waals surface area contributed by atoms with E-state index < -0.39 is 5.60 Å². The topological polar surface area (TPSA) is 56.8 Å². The van der Waals surface area contributed by atoms with Gasteiger partial charge >= 0.3 is 0 Å². The molecule has 0 saturated heterocycles. The number of anilines is 1. The summed E-state index contributed by atoms with van der Waals surface area (Å²) < 4.78 is 16.4. The lowest BCUT2D eigenvalue weighted by Crippen LogP contribution is -2.48. The SMILES string of the molecule is CCOC1(C(=O)Nc2ccc(OCCOC)cc2)CCC(C)CC1. The van der Waals surface area contributed by atoms with Gasteiger partial charge in [0.15, 0.2) is 0 Å². The summed E-state index contributed by atoms with van der Waals surface area (Å²) in [6.45, 7) is 5.78. The molecule has 1 saturated carbocycles. The van der Waals surface area contributed by atoms with Gasteiger partial charge < -0.3 is 19.5 Å². The summed E-state index contributed by atoms with van der Waals surface area (Å²) in [5.41, 5.74) is 0.0753. The number of hydrogen-bond acceptors (Lipinski definition) is 4. The highest BCUT2D eigenvalue weighted by molar-refractivity contribution is 5.97. The van der Waals surface area contributed by atoms with Crippen LogP contribution in [0.3, 0.4) is 0 Å². The third-order valence-corrected chi connectivity index (χ3v) is 4.58. The maximum absolute atomic E-state index is 12.8. The number of carbonyl (C=O) groups excluding carboxylic acids is 1. The Bertz CT molecular complexity index is 507. The highest BCUT2D eigenvalue weighted by Gasteiger charge is 2.41. The van der Waals surface area contributed by atoms with Crippen molar-refractivity contribution in [3.05, 3.63) is 24.3 Å². The second-order valence-corrected chi connectivity index (χ2v) is 6.43. The Morgan fingerprint density at radius 3 is 2.46 bits per heavy atom. The molecule has 5 heteroatoms. The molecule has 0 heterocycles. The number of rotatable bonds is 8. The zero-order valence-electron chi connectivity index (χ0n) is 15.0. The quantitative estimate of drug-likeness (QED) is 0.737. The first-order valence-electron chi connectivity index (χ1n) is 8.77. The van der Waals surface area contributed by atoms with Crippen molar-refractivity contribution in [1.29, 1.82) is 0 Å². The third kappa shape index (κ3) is 4.95. The molecule has 1 aliphatic rings. The number of benzene rings is 1. The fourth-order valence-electron chi connectivity index (χ4n) is 3.06. The van der Waals surface area contributed by atoms with Crippen molar-refractivity contribution in [2.45, 2.75) is 45.1 Å². The van der Waals surface area contributed by atoms with Crippen LogP contribution in [0.2, 0.25) is 0 Å². The van der Waals surface area contributed by atoms with E-state index in [9.17, 15) is 4.79 Å². The van der Waals surface area contributed by atoms with Crippen LogP contribution in [0, 0.1) is 5.92 Å². The Balaban J connectivity index is 1.96. The molecule has 1 aromatic carbocycles. The van der Waals surface area contributed by atoms with Crippen molar-refractivity contribution in [2.24, 2.45) is 5.92 Å². The highest BCUT2D eigenvalue weighted by Crippen LogP contribution is 2.35. The van der Waals surface area contributed by atoms with E-state index in [1.54, 1.807) is 7.11 Å². The van der Waals surface area contributed by atoms with Gasteiger partial charge in [0.2, 0.25) is 0 Å². The van der Waals surface area contributed by atoms with Crippen LogP contribution in [-0.2, 0) is 14.3 Å². The van der Waals surface area contributed by atoms with Gasteiger partial charge in [-0.1, -0.05) is 6.92 Å². The molecular formula is C19H29NO4. The van der Waals surface area contributed by atoms with Gasteiger partial charge in [-0.3, -0.25) is 4.79 Å². The Hall–Kier alpha value is -1.59. The van der Waals surface area contributed by atoms with Crippen molar-refractivity contribution < 1.29 is 19.0 Å². The fraction of sp³-hybridized carbons (Fsp3) is 0.632. The fourth-order valence-corrected chi connectivity index (χ4v) is 3.06. The molecule has 0 atom stereocenters. The highest BCUT2D eigenvalue weighted by atomic mass is 16.5. The molecule has 0 unspecified atom stereocenters. The smallest absolute Gasteiger partial charge is 0.256 e. The van der Waals surface area contributed by atoms with Crippen molar-refractivity contribution in [3.8, 4) is 5.75 Å². The molecule has 134 valence electrons. The van der Waals surface area contributed by atoms with Gasteiger partial charge in [-0.15, -0.1) is 0 Å². The van der Waals surface area contributed by atoms with Crippen LogP contribution >= 0.6 is 0 Å². The lowest BCUT2D eigenvalue weighted by Gasteiger charge is -2.37. The van der Waals surface area contributed by atoms with E-state index in [1.165, 1.54) is 0 Å². The molecule has 0 radical (unpaired) electrons. The molecule has 0 bridgehead atoms. The summed E-state index contributed by atoms with van der Waals surface area (Å²) in [5.74, 6) is 1.38. The molecule has 1 amide bonds. The maximum atomic E-state index is 12.8. The maximum Gasteiger partial charge on any atom is 0.256 e. The van der Waals surface area contributed by atoms with Crippen LogP contribution in [0.4, 0.5) is 5.69 Å². The first-order chi connectivity index (χ1) is 11.6. The monoisotopic (exact) mass is 335 g/mol. The summed E-state index contributed by atoms with van der Waals surface area (Å²) in [6, 6.07) is 7.40. The van der Waals surface area contributed by atoms with Gasteiger partial charge in [0, 0.05) is 19.4 Å². The Labute approximate surface area is 144 Å². The molecule has 0 aliphatic heterocycles. The van der Waals surface area contributed by atoms with Crippen LogP contribution in [0.1, 0.15) is 39.5 Å². The van der Waals surface area contributed by atoms with Crippen LogP contribution < -0.4 is 10.1 Å². The van der Waals surface area contributed by atoms with E-state index in [-0.39, 0.29) is 5.91 Å². The lowest BCUT2D eigenvalue weighted by atomic mass is 9.78. The molecule has 5 nitrogen and oxygen atoms in total. The van der Waals surface area contributed by atoms with E-state index in [1.807, 2.05) is 31.2 Å². The Morgan fingerprint density at radius 1 is 1.21 bits per heavy atom. The molecule has 24 heavy (non-hydrogen) atoms. The standard InChI is InChI=1S/C19H29NO4/c1-4-24-19(11-9-15(2)10-12-19)18(21)20-16-5-7-17(8-6-16)23-14-13-22-3/h5-8,15H,4,9-14H2,1-3H3,(H,20,21). The van der Waals surface area contributed by atoms with Crippen LogP contribution in [0.5, 0.6) is 5.75 Å². The van der Waals surface area contributed by atoms with Gasteiger partial charge in [0.05, 0.1) is 6.61 Å². The average Bonchev–Trinajstić information content (AvgIpc) is 2.59. The van der Waals surface area contributed by atoms with Crippen LogP contribution in [0.25, 0.3) is 0 Å². The van der Waals surface area contributed by atoms with Gasteiger partial charge in [0.25, 0.3) is 5.91 Å². The first-order valence-corrected chi connectivity index (χ1v) is 8.77. The van der Waals surface area contributed by atoms with Gasteiger partial charge in [0.1, 0.15) is 18.0 Å². The summed E-state index contributed by atoms with van der Waals surface area (Å²) in [4.78, 5) is 12.8. The van der Waals surface area contributed by atoms with E-state index in [2.05, 4.69) is 12.2 Å². The Morgan fingerprint density at radius 2 is 1.88 bits per heavy atom. The lowest BCUT2D eigenvalue weighted by molar-refractivity contribution is -0.146. The summed E-state index contributed by atoms with van der Waals surface area (Å²) in [6.07, 6.45) is 3.62. The summed E-state index contributed by atoms with van der Waals surface area (Å²) in [7, 11) is 1.64. The molecular weight excluding hydrogens is 306 g/mol. The van der Waals surface area contributed by atoms with Gasteiger partial charge in [-0.05, 0) is 62.8 Å². The third-order valence-electron chi connectivity index (χ3n) is 4.58. The van der Waals surface area contributed by atoms with Crippen LogP contribution in [0.15, 0.2) is 24.3 Å². The number of ether oxygens (including phenoxy) is 3. The second kappa shape index (κ2) is 9.04. The molecule has 1 aliphatic carbocycles. The number of amides is 1. The molecule has 1 N–H and O–H groups in total. The van der Waals surface area contributed by atoms with E-state index in [0.29, 0.717) is 25.7 Å².